The number of fused-ring (bicyclic) bond motifs is 1. The lowest BCUT2D eigenvalue weighted by atomic mass is 9.83. The van der Waals surface area contributed by atoms with Crippen LogP contribution in [0.1, 0.15) is 56.1 Å². The van der Waals surface area contributed by atoms with Crippen LogP contribution in [-0.4, -0.2) is 19.1 Å². The largest absolute Gasteiger partial charge is 0.467 e. The lowest BCUT2D eigenvalue weighted by Crippen LogP contribution is -2.53. The first-order valence-corrected chi connectivity index (χ1v) is 8.21. The number of ether oxygens (including phenoxy) is 1. The standard InChI is InChI=1S/C18H25NO2/c1-21-17(20)18(19-15-10-3-4-11-15)13-7-6-9-14-8-2-5-12-16(14)18/h2,5,8,12,15,19H,3-4,6-7,9-11,13H2,1H3. The zero-order chi connectivity index (χ0) is 14.7. The van der Waals surface area contributed by atoms with Crippen molar-refractivity contribution < 1.29 is 9.53 Å². The maximum Gasteiger partial charge on any atom is 0.330 e. The van der Waals surface area contributed by atoms with Crippen molar-refractivity contribution in [3.63, 3.8) is 0 Å². The van der Waals surface area contributed by atoms with Gasteiger partial charge < -0.3 is 4.74 Å². The minimum Gasteiger partial charge on any atom is -0.467 e. The Morgan fingerprint density at radius 1 is 1.19 bits per heavy atom. The van der Waals surface area contributed by atoms with Crippen molar-refractivity contribution in [3.8, 4) is 0 Å². The Morgan fingerprint density at radius 3 is 2.71 bits per heavy atom. The molecule has 1 fully saturated rings. The van der Waals surface area contributed by atoms with Crippen LogP contribution in [0, 0.1) is 0 Å². The molecule has 0 bridgehead atoms. The van der Waals surface area contributed by atoms with Crippen molar-refractivity contribution in [2.45, 2.75) is 62.9 Å². The van der Waals surface area contributed by atoms with Gasteiger partial charge in [-0.3, -0.25) is 5.32 Å². The molecule has 3 nitrogen and oxygen atoms in total. The number of methoxy groups -OCH3 is 1. The molecule has 21 heavy (non-hydrogen) atoms. The molecule has 1 atom stereocenters. The highest BCUT2D eigenvalue weighted by Crippen LogP contribution is 2.37. The van der Waals surface area contributed by atoms with E-state index in [0.717, 1.165) is 31.2 Å². The van der Waals surface area contributed by atoms with Crippen LogP contribution in [-0.2, 0) is 21.5 Å². The summed E-state index contributed by atoms with van der Waals surface area (Å²) >= 11 is 0. The Kier molecular flexibility index (Phi) is 4.29. The number of hydrogen-bond donors (Lipinski definition) is 1. The zero-order valence-corrected chi connectivity index (χ0v) is 12.9. The van der Waals surface area contributed by atoms with Crippen LogP contribution in [0.4, 0.5) is 0 Å². The Labute approximate surface area is 127 Å². The Balaban J connectivity index is 2.03. The molecule has 0 spiro atoms. The zero-order valence-electron chi connectivity index (χ0n) is 12.9. The molecule has 3 heteroatoms. The van der Waals surface area contributed by atoms with Gasteiger partial charge in [-0.1, -0.05) is 43.5 Å². The van der Waals surface area contributed by atoms with Crippen LogP contribution in [0.2, 0.25) is 0 Å². The normalized spacial score (nSPS) is 26.1. The first-order valence-electron chi connectivity index (χ1n) is 8.21. The minimum atomic E-state index is -0.642. The van der Waals surface area contributed by atoms with E-state index in [1.807, 2.05) is 6.07 Å². The summed E-state index contributed by atoms with van der Waals surface area (Å²) in [5, 5.41) is 3.70. The predicted molar refractivity (Wildman–Crippen MR) is 83.1 cm³/mol. The first kappa shape index (κ1) is 14.6. The van der Waals surface area contributed by atoms with Crippen LogP contribution >= 0.6 is 0 Å². The third-order valence-corrected chi connectivity index (χ3v) is 5.06. The molecule has 1 saturated carbocycles. The molecule has 1 aromatic carbocycles. The number of carbonyl (C=O) groups is 1. The van der Waals surface area contributed by atoms with Crippen LogP contribution in [0.3, 0.4) is 0 Å². The summed E-state index contributed by atoms with van der Waals surface area (Å²) in [4.78, 5) is 12.7. The van der Waals surface area contributed by atoms with Crippen molar-refractivity contribution in [3.05, 3.63) is 35.4 Å². The van der Waals surface area contributed by atoms with E-state index in [4.69, 9.17) is 4.74 Å². The molecule has 0 radical (unpaired) electrons. The van der Waals surface area contributed by atoms with Gasteiger partial charge >= 0.3 is 5.97 Å². The van der Waals surface area contributed by atoms with Crippen molar-refractivity contribution in [1.82, 2.24) is 5.32 Å². The Bertz CT molecular complexity index is 508. The monoisotopic (exact) mass is 287 g/mol. The van der Waals surface area contributed by atoms with Crippen molar-refractivity contribution >= 4 is 5.97 Å². The third-order valence-electron chi connectivity index (χ3n) is 5.06. The van der Waals surface area contributed by atoms with Gasteiger partial charge in [0, 0.05) is 6.04 Å². The molecule has 1 N–H and O–H groups in total. The molecule has 0 aromatic heterocycles. The highest BCUT2D eigenvalue weighted by Gasteiger charge is 2.44. The average molecular weight is 287 g/mol. The molecule has 1 aromatic rings. The van der Waals surface area contributed by atoms with Crippen molar-refractivity contribution in [2.75, 3.05) is 7.11 Å². The van der Waals surface area contributed by atoms with Gasteiger partial charge in [-0.05, 0) is 43.2 Å². The second kappa shape index (κ2) is 6.18. The molecule has 0 amide bonds. The van der Waals surface area contributed by atoms with Gasteiger partial charge in [-0.15, -0.1) is 0 Å². The van der Waals surface area contributed by atoms with E-state index < -0.39 is 5.54 Å². The fourth-order valence-electron chi connectivity index (χ4n) is 4.01. The Hall–Kier alpha value is -1.35. The summed E-state index contributed by atoms with van der Waals surface area (Å²) in [7, 11) is 1.51. The number of aryl methyl sites for hydroxylation is 1. The molecule has 0 aliphatic heterocycles. The number of carbonyl (C=O) groups excluding carboxylic acids is 1. The van der Waals surface area contributed by atoms with Gasteiger partial charge in [0.15, 0.2) is 0 Å². The predicted octanol–water partition coefficient (Wildman–Crippen LogP) is 3.31. The van der Waals surface area contributed by atoms with Gasteiger partial charge in [0.2, 0.25) is 0 Å². The molecule has 3 rings (SSSR count). The lowest BCUT2D eigenvalue weighted by Gasteiger charge is -2.35. The molecule has 1 unspecified atom stereocenters. The highest BCUT2D eigenvalue weighted by atomic mass is 16.5. The van der Waals surface area contributed by atoms with Gasteiger partial charge in [0.25, 0.3) is 0 Å². The summed E-state index contributed by atoms with van der Waals surface area (Å²) in [5.41, 5.74) is 1.80. The maximum atomic E-state index is 12.7. The van der Waals surface area contributed by atoms with E-state index in [0.29, 0.717) is 6.04 Å². The lowest BCUT2D eigenvalue weighted by molar-refractivity contribution is -0.150. The van der Waals surface area contributed by atoms with E-state index >= 15 is 0 Å². The van der Waals surface area contributed by atoms with Crippen molar-refractivity contribution in [2.24, 2.45) is 0 Å². The molecule has 114 valence electrons. The molecule has 0 heterocycles. The number of nitrogens with one attached hydrogen (secondary N) is 1. The molecule has 2 aliphatic rings. The summed E-state index contributed by atoms with van der Waals surface area (Å²) in [5.74, 6) is -0.122. The minimum absolute atomic E-state index is 0.122. The van der Waals surface area contributed by atoms with Gasteiger partial charge in [0.05, 0.1) is 7.11 Å². The second-order valence-electron chi connectivity index (χ2n) is 6.39. The fraction of sp³-hybridized carbons (Fsp3) is 0.611. The SMILES string of the molecule is COC(=O)C1(NC2CCCC2)CCCCc2ccccc21. The quantitative estimate of drug-likeness (QED) is 0.684. The smallest absolute Gasteiger partial charge is 0.330 e. The molecular weight excluding hydrogens is 262 g/mol. The summed E-state index contributed by atoms with van der Waals surface area (Å²) < 4.78 is 5.21. The van der Waals surface area contributed by atoms with Crippen LogP contribution < -0.4 is 5.32 Å². The van der Waals surface area contributed by atoms with E-state index in [9.17, 15) is 4.79 Å². The molecule has 2 aliphatic carbocycles. The van der Waals surface area contributed by atoms with Crippen LogP contribution in [0.25, 0.3) is 0 Å². The topological polar surface area (TPSA) is 38.3 Å². The van der Waals surface area contributed by atoms with E-state index in [1.54, 1.807) is 0 Å². The van der Waals surface area contributed by atoms with Gasteiger partial charge in [-0.25, -0.2) is 4.79 Å². The summed E-state index contributed by atoms with van der Waals surface area (Å²) in [6, 6.07) is 8.82. The maximum absolute atomic E-state index is 12.7. The van der Waals surface area contributed by atoms with Gasteiger partial charge in [0.1, 0.15) is 5.54 Å². The third kappa shape index (κ3) is 2.71. The van der Waals surface area contributed by atoms with Crippen LogP contribution in [0.15, 0.2) is 24.3 Å². The number of rotatable bonds is 3. The van der Waals surface area contributed by atoms with Crippen LogP contribution in [0.5, 0.6) is 0 Å². The van der Waals surface area contributed by atoms with Crippen molar-refractivity contribution in [1.29, 1.82) is 0 Å². The average Bonchev–Trinajstić information content (AvgIpc) is 2.95. The van der Waals surface area contributed by atoms with E-state index in [1.165, 1.54) is 38.4 Å². The number of benzene rings is 1. The molecule has 0 saturated heterocycles. The first-order chi connectivity index (χ1) is 10.3. The Morgan fingerprint density at radius 2 is 1.95 bits per heavy atom. The van der Waals surface area contributed by atoms with E-state index in [-0.39, 0.29) is 5.97 Å². The number of hydrogen-bond acceptors (Lipinski definition) is 3. The summed E-state index contributed by atoms with van der Waals surface area (Å²) in [6.45, 7) is 0. The van der Waals surface area contributed by atoms with Gasteiger partial charge in [-0.2, -0.15) is 0 Å². The van der Waals surface area contributed by atoms with E-state index in [2.05, 4.69) is 23.5 Å². The fourth-order valence-corrected chi connectivity index (χ4v) is 4.01. The highest BCUT2D eigenvalue weighted by molar-refractivity contribution is 5.83. The molecular formula is C18H25NO2. The number of esters is 1. The second-order valence-corrected chi connectivity index (χ2v) is 6.39. The summed E-state index contributed by atoms with van der Waals surface area (Å²) in [6.07, 6.45) is 8.95.